The highest BCUT2D eigenvalue weighted by Gasteiger charge is 2.13. The Kier molecular flexibility index (Phi) is 5.51. The molecule has 0 amide bonds. The zero-order chi connectivity index (χ0) is 15.2. The van der Waals surface area contributed by atoms with E-state index in [-0.39, 0.29) is 5.82 Å². The second-order valence-corrected chi connectivity index (χ2v) is 5.59. The standard InChI is InChI=1S/C17H24FN3/c1-4-8-19-16(11-14-6-5-7-15(18)10-14)12-17-9-13(2)20-21(17)3/h5-7,9-10,16,19H,4,8,11-12H2,1-3H3. The maximum atomic E-state index is 13.3. The van der Waals surface area contributed by atoms with Crippen LogP contribution in [0, 0.1) is 12.7 Å². The molecule has 1 aromatic carbocycles. The first-order valence-electron chi connectivity index (χ1n) is 7.56. The van der Waals surface area contributed by atoms with Crippen molar-refractivity contribution in [3.63, 3.8) is 0 Å². The zero-order valence-electron chi connectivity index (χ0n) is 13.1. The average molecular weight is 289 g/mol. The Labute approximate surface area is 126 Å². The average Bonchev–Trinajstić information content (AvgIpc) is 2.74. The molecule has 2 rings (SSSR count). The number of nitrogens with one attached hydrogen (secondary N) is 1. The van der Waals surface area contributed by atoms with Crippen molar-refractivity contribution in [2.45, 2.75) is 39.2 Å². The molecule has 4 heteroatoms. The van der Waals surface area contributed by atoms with Crippen LogP contribution in [0.4, 0.5) is 4.39 Å². The van der Waals surface area contributed by atoms with Crippen molar-refractivity contribution in [1.82, 2.24) is 15.1 Å². The molecule has 1 heterocycles. The van der Waals surface area contributed by atoms with E-state index in [2.05, 4.69) is 23.4 Å². The molecule has 1 unspecified atom stereocenters. The summed E-state index contributed by atoms with van der Waals surface area (Å²) in [6.45, 7) is 5.13. The first kappa shape index (κ1) is 15.7. The van der Waals surface area contributed by atoms with E-state index in [0.29, 0.717) is 6.04 Å². The minimum atomic E-state index is -0.168. The highest BCUT2D eigenvalue weighted by atomic mass is 19.1. The molecule has 0 aliphatic heterocycles. The van der Waals surface area contributed by atoms with Gasteiger partial charge in [-0.25, -0.2) is 4.39 Å². The van der Waals surface area contributed by atoms with E-state index in [9.17, 15) is 4.39 Å². The van der Waals surface area contributed by atoms with Crippen molar-refractivity contribution < 1.29 is 4.39 Å². The summed E-state index contributed by atoms with van der Waals surface area (Å²) in [5.74, 6) is -0.168. The molecule has 1 aromatic heterocycles. The summed E-state index contributed by atoms with van der Waals surface area (Å²) in [7, 11) is 1.97. The number of halogens is 1. The Morgan fingerprint density at radius 2 is 2.10 bits per heavy atom. The number of rotatable bonds is 7. The summed E-state index contributed by atoms with van der Waals surface area (Å²) < 4.78 is 15.3. The van der Waals surface area contributed by atoms with Gasteiger partial charge in [0, 0.05) is 25.2 Å². The van der Waals surface area contributed by atoms with Crippen LogP contribution in [-0.2, 0) is 19.9 Å². The second kappa shape index (κ2) is 7.36. The van der Waals surface area contributed by atoms with Gasteiger partial charge in [0.25, 0.3) is 0 Å². The van der Waals surface area contributed by atoms with E-state index in [0.717, 1.165) is 37.1 Å². The van der Waals surface area contributed by atoms with Crippen LogP contribution in [0.3, 0.4) is 0 Å². The Bertz CT molecular complexity index is 577. The normalized spacial score (nSPS) is 12.6. The van der Waals surface area contributed by atoms with Crippen LogP contribution in [0.2, 0.25) is 0 Å². The van der Waals surface area contributed by atoms with E-state index >= 15 is 0 Å². The van der Waals surface area contributed by atoms with E-state index in [1.54, 1.807) is 12.1 Å². The van der Waals surface area contributed by atoms with Gasteiger partial charge in [-0.3, -0.25) is 4.68 Å². The number of hydrogen-bond acceptors (Lipinski definition) is 2. The maximum absolute atomic E-state index is 13.3. The van der Waals surface area contributed by atoms with Gasteiger partial charge in [-0.05, 0) is 50.1 Å². The summed E-state index contributed by atoms with van der Waals surface area (Å²) in [5, 5.41) is 7.95. The molecule has 3 nitrogen and oxygen atoms in total. The fourth-order valence-corrected chi connectivity index (χ4v) is 2.62. The molecule has 0 aliphatic carbocycles. The lowest BCUT2D eigenvalue weighted by molar-refractivity contribution is 0.489. The third-order valence-electron chi connectivity index (χ3n) is 3.61. The van der Waals surface area contributed by atoms with Gasteiger partial charge in [0.1, 0.15) is 5.82 Å². The summed E-state index contributed by atoms with van der Waals surface area (Å²) >= 11 is 0. The molecule has 2 aromatic rings. The van der Waals surface area contributed by atoms with Crippen LogP contribution in [-0.4, -0.2) is 22.4 Å². The third-order valence-corrected chi connectivity index (χ3v) is 3.61. The van der Waals surface area contributed by atoms with Crippen LogP contribution in [0.1, 0.15) is 30.3 Å². The molecule has 1 atom stereocenters. The van der Waals surface area contributed by atoms with Crippen molar-refractivity contribution in [1.29, 1.82) is 0 Å². The molecule has 1 N–H and O–H groups in total. The third kappa shape index (κ3) is 4.67. The van der Waals surface area contributed by atoms with Gasteiger partial charge < -0.3 is 5.32 Å². The van der Waals surface area contributed by atoms with Gasteiger partial charge in [-0.2, -0.15) is 5.10 Å². The van der Waals surface area contributed by atoms with Crippen LogP contribution in [0.5, 0.6) is 0 Å². The number of aryl methyl sites for hydroxylation is 2. The van der Waals surface area contributed by atoms with Gasteiger partial charge in [-0.1, -0.05) is 19.1 Å². The molecule has 0 radical (unpaired) electrons. The fraction of sp³-hybridized carbons (Fsp3) is 0.471. The van der Waals surface area contributed by atoms with Crippen molar-refractivity contribution in [3.8, 4) is 0 Å². The highest BCUT2D eigenvalue weighted by molar-refractivity contribution is 5.19. The van der Waals surface area contributed by atoms with Crippen LogP contribution >= 0.6 is 0 Å². The number of aromatic nitrogens is 2. The predicted molar refractivity (Wildman–Crippen MR) is 83.8 cm³/mol. The van der Waals surface area contributed by atoms with Gasteiger partial charge in [0.2, 0.25) is 0 Å². The lowest BCUT2D eigenvalue weighted by atomic mass is 10.0. The van der Waals surface area contributed by atoms with E-state index in [1.807, 2.05) is 24.7 Å². The molecule has 0 bridgehead atoms. The van der Waals surface area contributed by atoms with Gasteiger partial charge in [0.15, 0.2) is 0 Å². The lowest BCUT2D eigenvalue weighted by Gasteiger charge is -2.19. The highest BCUT2D eigenvalue weighted by Crippen LogP contribution is 2.11. The lowest BCUT2D eigenvalue weighted by Crippen LogP contribution is -2.34. The number of benzene rings is 1. The Morgan fingerprint density at radius 1 is 1.29 bits per heavy atom. The minimum absolute atomic E-state index is 0.168. The topological polar surface area (TPSA) is 29.9 Å². The number of hydrogen-bond donors (Lipinski definition) is 1. The van der Waals surface area contributed by atoms with E-state index in [4.69, 9.17) is 0 Å². The van der Waals surface area contributed by atoms with Crippen molar-refractivity contribution in [2.24, 2.45) is 7.05 Å². The Morgan fingerprint density at radius 3 is 2.71 bits per heavy atom. The minimum Gasteiger partial charge on any atom is -0.313 e. The Balaban J connectivity index is 2.08. The van der Waals surface area contributed by atoms with Crippen molar-refractivity contribution in [2.75, 3.05) is 6.54 Å². The van der Waals surface area contributed by atoms with Gasteiger partial charge in [0.05, 0.1) is 5.69 Å². The van der Waals surface area contributed by atoms with Gasteiger partial charge >= 0.3 is 0 Å². The molecule has 21 heavy (non-hydrogen) atoms. The van der Waals surface area contributed by atoms with Crippen LogP contribution in [0.15, 0.2) is 30.3 Å². The summed E-state index contributed by atoms with van der Waals surface area (Å²) in [6.07, 6.45) is 2.81. The van der Waals surface area contributed by atoms with Gasteiger partial charge in [-0.15, -0.1) is 0 Å². The van der Waals surface area contributed by atoms with E-state index in [1.165, 1.54) is 11.8 Å². The van der Waals surface area contributed by atoms with Crippen LogP contribution < -0.4 is 5.32 Å². The van der Waals surface area contributed by atoms with Crippen LogP contribution in [0.25, 0.3) is 0 Å². The summed E-state index contributed by atoms with van der Waals surface area (Å²) in [4.78, 5) is 0. The molecular weight excluding hydrogens is 265 g/mol. The maximum Gasteiger partial charge on any atom is 0.123 e. The van der Waals surface area contributed by atoms with Crippen molar-refractivity contribution in [3.05, 3.63) is 53.1 Å². The molecule has 114 valence electrons. The first-order chi connectivity index (χ1) is 10.1. The first-order valence-corrected chi connectivity index (χ1v) is 7.56. The molecule has 0 saturated carbocycles. The quantitative estimate of drug-likeness (QED) is 0.849. The largest absolute Gasteiger partial charge is 0.313 e. The molecular formula is C17H24FN3. The monoisotopic (exact) mass is 289 g/mol. The summed E-state index contributed by atoms with van der Waals surface area (Å²) in [6, 6.07) is 9.28. The summed E-state index contributed by atoms with van der Waals surface area (Å²) in [5.41, 5.74) is 3.27. The SMILES string of the molecule is CCCNC(Cc1cccc(F)c1)Cc1cc(C)nn1C. The Hall–Kier alpha value is -1.68. The second-order valence-electron chi connectivity index (χ2n) is 5.59. The van der Waals surface area contributed by atoms with Crippen molar-refractivity contribution >= 4 is 0 Å². The molecule has 0 spiro atoms. The molecule has 0 aliphatic rings. The molecule has 0 saturated heterocycles. The number of nitrogens with zero attached hydrogens (tertiary/aromatic N) is 2. The predicted octanol–water partition coefficient (Wildman–Crippen LogP) is 3.02. The molecule has 0 fully saturated rings. The zero-order valence-corrected chi connectivity index (χ0v) is 13.1. The van der Waals surface area contributed by atoms with E-state index < -0.39 is 0 Å². The smallest absolute Gasteiger partial charge is 0.123 e. The fourth-order valence-electron chi connectivity index (χ4n) is 2.62.